The third-order valence-corrected chi connectivity index (χ3v) is 5.01. The first kappa shape index (κ1) is 18.4. The number of hydrogen-bond donors (Lipinski definition) is 3. The van der Waals surface area contributed by atoms with E-state index in [1.54, 1.807) is 4.52 Å². The zero-order valence-corrected chi connectivity index (χ0v) is 16.1. The highest BCUT2D eigenvalue weighted by Gasteiger charge is 2.24. The molecule has 30 heavy (non-hydrogen) atoms. The van der Waals surface area contributed by atoms with E-state index in [0.717, 1.165) is 23.7 Å². The summed E-state index contributed by atoms with van der Waals surface area (Å²) in [7, 11) is 0. The zero-order valence-electron chi connectivity index (χ0n) is 16.1. The molecule has 1 aliphatic heterocycles. The number of carbonyl (C=O) groups is 1. The van der Waals surface area contributed by atoms with E-state index in [1.165, 1.54) is 0 Å². The van der Waals surface area contributed by atoms with Gasteiger partial charge in [0.25, 0.3) is 5.89 Å². The molecule has 4 aromatic rings. The van der Waals surface area contributed by atoms with Crippen LogP contribution in [0.1, 0.15) is 25.1 Å². The number of nitrogens with zero attached hydrogens (tertiary/aromatic N) is 6. The Kier molecular flexibility index (Phi) is 4.71. The molecule has 1 atom stereocenters. The minimum absolute atomic E-state index is 0.0542. The Morgan fingerprint density at radius 2 is 2.13 bits per heavy atom. The Balaban J connectivity index is 1.61. The molecule has 1 fully saturated rings. The Hall–Kier alpha value is -3.60. The monoisotopic (exact) mass is 408 g/mol. The summed E-state index contributed by atoms with van der Waals surface area (Å²) in [4.78, 5) is 25.9. The third kappa shape index (κ3) is 3.32. The lowest BCUT2D eigenvalue weighted by molar-refractivity contribution is -0.121. The van der Waals surface area contributed by atoms with E-state index in [4.69, 9.17) is 9.63 Å². The van der Waals surface area contributed by atoms with Gasteiger partial charge in [0.15, 0.2) is 11.5 Å². The molecule has 0 aliphatic carbocycles. The molecular weight excluding hydrogens is 388 g/mol. The van der Waals surface area contributed by atoms with E-state index in [-0.39, 0.29) is 30.7 Å². The van der Waals surface area contributed by atoms with Crippen LogP contribution in [0.25, 0.3) is 28.3 Å². The van der Waals surface area contributed by atoms with Crippen LogP contribution in [0.4, 0.5) is 5.95 Å². The molecule has 4 heterocycles. The minimum Gasteiger partial charge on any atom is -0.396 e. The standard InChI is InChI=1S/C19H20N8O3/c28-10-8-14-23-18(30-26-14)15-24-16-11-5-1-2-6-12(11)21-19(27(16)25-15)22-13-7-3-4-9-20-17(13)29/h1-2,5-6,13,28H,3-4,7-10H2,(H,20,29)(H,21,22)/t13-/m1/s1. The van der Waals surface area contributed by atoms with Gasteiger partial charge in [-0.05, 0) is 31.4 Å². The molecule has 154 valence electrons. The third-order valence-electron chi connectivity index (χ3n) is 5.01. The van der Waals surface area contributed by atoms with Crippen molar-refractivity contribution in [3.05, 3.63) is 30.1 Å². The average Bonchev–Trinajstić information content (AvgIpc) is 3.35. The molecule has 1 saturated heterocycles. The van der Waals surface area contributed by atoms with Gasteiger partial charge >= 0.3 is 0 Å². The molecule has 3 aromatic heterocycles. The molecule has 5 rings (SSSR count). The van der Waals surface area contributed by atoms with Gasteiger partial charge in [-0.25, -0.2) is 9.97 Å². The van der Waals surface area contributed by atoms with Crippen molar-refractivity contribution in [2.24, 2.45) is 0 Å². The van der Waals surface area contributed by atoms with Crippen LogP contribution >= 0.6 is 0 Å². The fraction of sp³-hybridized carbons (Fsp3) is 0.368. The van der Waals surface area contributed by atoms with Gasteiger partial charge in [-0.3, -0.25) is 4.79 Å². The second kappa shape index (κ2) is 7.67. The second-order valence-electron chi connectivity index (χ2n) is 7.10. The molecule has 0 spiro atoms. The quantitative estimate of drug-likeness (QED) is 0.439. The van der Waals surface area contributed by atoms with Crippen molar-refractivity contribution >= 4 is 28.4 Å². The number of benzene rings is 1. The smallest absolute Gasteiger partial charge is 0.297 e. The second-order valence-corrected chi connectivity index (χ2v) is 7.10. The van der Waals surface area contributed by atoms with Gasteiger partial charge in [-0.1, -0.05) is 17.3 Å². The fourth-order valence-electron chi connectivity index (χ4n) is 3.52. The molecule has 3 N–H and O–H groups in total. The Bertz CT molecular complexity index is 1220. The number of rotatable bonds is 5. The number of aliphatic hydroxyl groups excluding tert-OH is 1. The van der Waals surface area contributed by atoms with Crippen molar-refractivity contribution in [1.82, 2.24) is 35.0 Å². The minimum atomic E-state index is -0.406. The predicted molar refractivity (Wildman–Crippen MR) is 107 cm³/mol. The van der Waals surface area contributed by atoms with Gasteiger partial charge < -0.3 is 20.3 Å². The number of hydrogen-bond acceptors (Lipinski definition) is 9. The molecule has 1 aliphatic rings. The van der Waals surface area contributed by atoms with E-state index in [0.29, 0.717) is 30.4 Å². The number of aliphatic hydroxyl groups is 1. The summed E-state index contributed by atoms with van der Waals surface area (Å²) in [6, 6.07) is 7.18. The number of nitrogens with one attached hydrogen (secondary N) is 2. The van der Waals surface area contributed by atoms with Crippen LogP contribution in [0, 0.1) is 0 Å². The Morgan fingerprint density at radius 1 is 1.23 bits per heavy atom. The van der Waals surface area contributed by atoms with Crippen LogP contribution in [-0.4, -0.2) is 59.9 Å². The normalized spacial score (nSPS) is 17.2. The van der Waals surface area contributed by atoms with Crippen LogP contribution < -0.4 is 10.6 Å². The highest BCUT2D eigenvalue weighted by atomic mass is 16.5. The lowest BCUT2D eigenvalue weighted by Crippen LogP contribution is -2.38. The summed E-state index contributed by atoms with van der Waals surface area (Å²) < 4.78 is 6.81. The van der Waals surface area contributed by atoms with E-state index in [2.05, 4.69) is 35.8 Å². The molecule has 11 nitrogen and oxygen atoms in total. The molecule has 0 saturated carbocycles. The van der Waals surface area contributed by atoms with Gasteiger partial charge in [0.1, 0.15) is 6.04 Å². The van der Waals surface area contributed by atoms with Crippen LogP contribution in [0.3, 0.4) is 0 Å². The highest BCUT2D eigenvalue weighted by molar-refractivity contribution is 5.93. The summed E-state index contributed by atoms with van der Waals surface area (Å²) in [6.45, 7) is 0.599. The molecule has 11 heteroatoms. The molecule has 1 aromatic carbocycles. The Labute approximate surface area is 170 Å². The van der Waals surface area contributed by atoms with E-state index in [9.17, 15) is 4.79 Å². The van der Waals surface area contributed by atoms with Gasteiger partial charge in [0.05, 0.1) is 12.1 Å². The van der Waals surface area contributed by atoms with Crippen molar-refractivity contribution in [3.63, 3.8) is 0 Å². The summed E-state index contributed by atoms with van der Waals surface area (Å²) in [5, 5.41) is 24.4. The van der Waals surface area contributed by atoms with Crippen molar-refractivity contribution in [1.29, 1.82) is 0 Å². The molecular formula is C19H20N8O3. The first-order chi connectivity index (χ1) is 14.7. The number of anilines is 1. The summed E-state index contributed by atoms with van der Waals surface area (Å²) >= 11 is 0. The Morgan fingerprint density at radius 3 is 3.03 bits per heavy atom. The topological polar surface area (TPSA) is 143 Å². The van der Waals surface area contributed by atoms with Crippen LogP contribution in [0.5, 0.6) is 0 Å². The maximum Gasteiger partial charge on any atom is 0.297 e. The number of amides is 1. The van der Waals surface area contributed by atoms with Gasteiger partial charge in [-0.15, -0.1) is 5.10 Å². The number of fused-ring (bicyclic) bond motifs is 3. The lowest BCUT2D eigenvalue weighted by Gasteiger charge is -2.16. The van der Waals surface area contributed by atoms with E-state index < -0.39 is 6.04 Å². The molecule has 0 unspecified atom stereocenters. The number of carbonyl (C=O) groups excluding carboxylic acids is 1. The zero-order chi connectivity index (χ0) is 20.5. The largest absolute Gasteiger partial charge is 0.396 e. The first-order valence-electron chi connectivity index (χ1n) is 9.86. The number of para-hydroxylation sites is 1. The predicted octanol–water partition coefficient (Wildman–Crippen LogP) is 0.943. The summed E-state index contributed by atoms with van der Waals surface area (Å²) in [5.41, 5.74) is 1.29. The van der Waals surface area contributed by atoms with Gasteiger partial charge in [0.2, 0.25) is 17.7 Å². The maximum atomic E-state index is 12.4. The highest BCUT2D eigenvalue weighted by Crippen LogP contribution is 2.24. The summed E-state index contributed by atoms with van der Waals surface area (Å²) in [6.07, 6.45) is 2.87. The van der Waals surface area contributed by atoms with Gasteiger partial charge in [-0.2, -0.15) is 9.50 Å². The van der Waals surface area contributed by atoms with Crippen molar-refractivity contribution < 1.29 is 14.4 Å². The van der Waals surface area contributed by atoms with Crippen molar-refractivity contribution in [2.45, 2.75) is 31.7 Å². The average molecular weight is 408 g/mol. The van der Waals surface area contributed by atoms with Crippen LogP contribution in [0.2, 0.25) is 0 Å². The van der Waals surface area contributed by atoms with Crippen LogP contribution in [0.15, 0.2) is 28.8 Å². The van der Waals surface area contributed by atoms with Crippen LogP contribution in [-0.2, 0) is 11.2 Å². The van der Waals surface area contributed by atoms with Gasteiger partial charge in [0, 0.05) is 18.4 Å². The first-order valence-corrected chi connectivity index (χ1v) is 9.86. The van der Waals surface area contributed by atoms with Crippen molar-refractivity contribution in [3.8, 4) is 11.7 Å². The molecule has 1 amide bonds. The van der Waals surface area contributed by atoms with E-state index in [1.807, 2.05) is 24.3 Å². The number of aromatic nitrogens is 6. The molecule has 0 bridgehead atoms. The fourth-order valence-corrected chi connectivity index (χ4v) is 3.52. The van der Waals surface area contributed by atoms with E-state index >= 15 is 0 Å². The SMILES string of the molecule is O=C1NCCCC[C@H]1Nc1nc2ccccc2c2nc(-c3nc(CCO)no3)nn12. The lowest BCUT2D eigenvalue weighted by atomic mass is 10.1. The summed E-state index contributed by atoms with van der Waals surface area (Å²) in [5.74, 6) is 1.14. The molecule has 0 radical (unpaired) electrons. The maximum absolute atomic E-state index is 12.4. The van der Waals surface area contributed by atoms with Crippen molar-refractivity contribution in [2.75, 3.05) is 18.5 Å².